The van der Waals surface area contributed by atoms with E-state index >= 15 is 0 Å². The van der Waals surface area contributed by atoms with Crippen molar-refractivity contribution in [3.63, 3.8) is 0 Å². The normalized spacial score (nSPS) is 19.1. The van der Waals surface area contributed by atoms with E-state index in [9.17, 15) is 14.7 Å². The van der Waals surface area contributed by atoms with Crippen LogP contribution in [0, 0.1) is 5.92 Å². The number of phenols is 1. The van der Waals surface area contributed by atoms with Crippen LogP contribution in [-0.2, 0) is 9.53 Å². The molecule has 1 aromatic carbocycles. The van der Waals surface area contributed by atoms with Crippen LogP contribution in [0.25, 0.3) is 0 Å². The number of carbonyl (C=O) groups excluding carboxylic acids is 2. The summed E-state index contributed by atoms with van der Waals surface area (Å²) < 4.78 is 15.7. The fourth-order valence-corrected chi connectivity index (χ4v) is 3.26. The number of rotatable bonds is 8. The minimum absolute atomic E-state index is 0.161. The number of phenolic OH excluding ortho intramolecular Hbond substituents is 1. The third kappa shape index (κ3) is 4.79. The maximum absolute atomic E-state index is 12.6. The molecule has 0 unspecified atom stereocenters. The highest BCUT2D eigenvalue weighted by molar-refractivity contribution is 7.99. The van der Waals surface area contributed by atoms with Crippen molar-refractivity contribution >= 4 is 23.8 Å². The Kier molecular flexibility index (Phi) is 7.23. The number of esters is 1. The fourth-order valence-electron chi connectivity index (χ4n) is 2.77. The number of benzene rings is 1. The first-order chi connectivity index (χ1) is 12.9. The highest BCUT2D eigenvalue weighted by Crippen LogP contribution is 2.41. The molecule has 2 atom stereocenters. The van der Waals surface area contributed by atoms with E-state index < -0.39 is 24.0 Å². The lowest BCUT2D eigenvalue weighted by Gasteiger charge is -2.33. The number of methoxy groups -OCH3 is 2. The Labute approximate surface area is 162 Å². The second-order valence-corrected chi connectivity index (χ2v) is 7.11. The minimum atomic E-state index is -0.840. The summed E-state index contributed by atoms with van der Waals surface area (Å²) in [5.41, 5.74) is 0.755. The molecule has 1 saturated heterocycles. The molecule has 9 heteroatoms. The van der Waals surface area contributed by atoms with E-state index in [0.29, 0.717) is 11.3 Å². The monoisotopic (exact) mass is 396 g/mol. The van der Waals surface area contributed by atoms with Gasteiger partial charge in [0.1, 0.15) is 12.5 Å². The Morgan fingerprint density at radius 2 is 1.93 bits per heavy atom. The third-order valence-electron chi connectivity index (χ3n) is 4.06. The third-order valence-corrected chi connectivity index (χ3v) is 4.92. The Bertz CT molecular complexity index is 699. The average molecular weight is 396 g/mol. The number of nitrogens with one attached hydrogen (secondary N) is 2. The van der Waals surface area contributed by atoms with E-state index in [1.54, 1.807) is 11.8 Å². The summed E-state index contributed by atoms with van der Waals surface area (Å²) >= 11 is 1.66. The van der Waals surface area contributed by atoms with Gasteiger partial charge in [0.05, 0.1) is 20.3 Å². The van der Waals surface area contributed by atoms with Crippen molar-refractivity contribution in [3.8, 4) is 17.2 Å². The molecule has 0 bridgehead atoms. The molecule has 1 fully saturated rings. The van der Waals surface area contributed by atoms with Crippen LogP contribution in [0.15, 0.2) is 24.4 Å². The zero-order valence-corrected chi connectivity index (χ0v) is 16.4. The predicted molar refractivity (Wildman–Crippen MR) is 102 cm³/mol. The van der Waals surface area contributed by atoms with Crippen molar-refractivity contribution in [1.29, 1.82) is 0 Å². The molecule has 2 amide bonds. The van der Waals surface area contributed by atoms with Gasteiger partial charge in [0.15, 0.2) is 11.5 Å². The van der Waals surface area contributed by atoms with Crippen LogP contribution in [0.3, 0.4) is 0 Å². The largest absolute Gasteiger partial charge is 0.502 e. The highest BCUT2D eigenvalue weighted by atomic mass is 32.2. The number of thioether (sulfide) groups is 1. The van der Waals surface area contributed by atoms with E-state index in [4.69, 9.17) is 14.2 Å². The maximum Gasteiger partial charge on any atom is 0.319 e. The predicted octanol–water partition coefficient (Wildman–Crippen LogP) is 2.19. The Morgan fingerprint density at radius 1 is 1.30 bits per heavy atom. The molecule has 27 heavy (non-hydrogen) atoms. The lowest BCUT2D eigenvalue weighted by atomic mass is 9.88. The van der Waals surface area contributed by atoms with Crippen molar-refractivity contribution in [2.45, 2.75) is 13.0 Å². The highest BCUT2D eigenvalue weighted by Gasteiger charge is 2.39. The van der Waals surface area contributed by atoms with Crippen LogP contribution in [0.2, 0.25) is 0 Å². The number of carbonyl (C=O) groups is 2. The Morgan fingerprint density at radius 3 is 2.48 bits per heavy atom. The molecule has 0 aromatic heterocycles. The second kappa shape index (κ2) is 9.40. The topological polar surface area (TPSA) is 106 Å². The molecule has 0 radical (unpaired) electrons. The van der Waals surface area contributed by atoms with E-state index in [-0.39, 0.29) is 29.6 Å². The van der Waals surface area contributed by atoms with Gasteiger partial charge in [-0.25, -0.2) is 4.79 Å². The van der Waals surface area contributed by atoms with Gasteiger partial charge >= 0.3 is 12.0 Å². The molecule has 0 saturated carbocycles. The van der Waals surface area contributed by atoms with Crippen molar-refractivity contribution < 1.29 is 28.9 Å². The molecular formula is C18H24N2O6S. The number of urea groups is 1. The van der Waals surface area contributed by atoms with Crippen molar-refractivity contribution in [3.05, 3.63) is 30.0 Å². The molecule has 1 aliphatic heterocycles. The molecule has 3 N–H and O–H groups in total. The van der Waals surface area contributed by atoms with Crippen LogP contribution in [0.4, 0.5) is 4.79 Å². The number of aromatic hydroxyl groups is 1. The number of hydrogen-bond donors (Lipinski definition) is 3. The summed E-state index contributed by atoms with van der Waals surface area (Å²) in [7, 11) is 2.80. The van der Waals surface area contributed by atoms with Crippen LogP contribution in [-0.4, -0.2) is 49.4 Å². The van der Waals surface area contributed by atoms with E-state index in [0.717, 1.165) is 5.75 Å². The van der Waals surface area contributed by atoms with Crippen molar-refractivity contribution in [2.24, 2.45) is 5.92 Å². The SMILES string of the molecule is C=C1NC(=O)N[C@H](c2cc(OC)c(O)c(OC)c2)[C@@H]1C(=O)OCCSCC. The smallest absolute Gasteiger partial charge is 0.319 e. The molecular weight excluding hydrogens is 372 g/mol. The van der Waals surface area contributed by atoms with Gasteiger partial charge < -0.3 is 30.0 Å². The lowest BCUT2D eigenvalue weighted by Crippen LogP contribution is -2.51. The minimum Gasteiger partial charge on any atom is -0.502 e. The van der Waals surface area contributed by atoms with E-state index in [1.165, 1.54) is 26.4 Å². The maximum atomic E-state index is 12.6. The number of hydrogen-bond acceptors (Lipinski definition) is 7. The molecule has 1 aliphatic rings. The van der Waals surface area contributed by atoms with Gasteiger partial charge in [-0.3, -0.25) is 4.79 Å². The molecule has 0 aliphatic carbocycles. The molecule has 1 heterocycles. The Balaban J connectivity index is 2.33. The molecule has 1 aromatic rings. The van der Waals surface area contributed by atoms with Crippen LogP contribution in [0.5, 0.6) is 17.2 Å². The standard InChI is InChI=1S/C18H24N2O6S/c1-5-27-7-6-26-17(22)14-10(2)19-18(23)20-15(14)11-8-12(24-3)16(21)13(9-11)25-4/h8-9,14-15,21H,2,5-7H2,1,3-4H3,(H2,19,20,23)/t14-,15-/m1/s1. The number of amides is 2. The quantitative estimate of drug-likeness (QED) is 0.457. The van der Waals surface area contributed by atoms with Gasteiger partial charge in [-0.1, -0.05) is 13.5 Å². The molecule has 2 rings (SSSR count). The van der Waals surface area contributed by atoms with Crippen LogP contribution < -0.4 is 20.1 Å². The van der Waals surface area contributed by atoms with Gasteiger partial charge in [-0.2, -0.15) is 11.8 Å². The van der Waals surface area contributed by atoms with Crippen LogP contribution in [0.1, 0.15) is 18.5 Å². The van der Waals surface area contributed by atoms with Crippen LogP contribution >= 0.6 is 11.8 Å². The molecule has 148 valence electrons. The van der Waals surface area contributed by atoms with Crippen molar-refractivity contribution in [1.82, 2.24) is 10.6 Å². The van der Waals surface area contributed by atoms with E-state index in [2.05, 4.69) is 17.2 Å². The summed E-state index contributed by atoms with van der Waals surface area (Å²) in [5, 5.41) is 15.3. The zero-order chi connectivity index (χ0) is 20.0. The summed E-state index contributed by atoms with van der Waals surface area (Å²) in [4.78, 5) is 24.6. The summed E-state index contributed by atoms with van der Waals surface area (Å²) in [6, 6.07) is 1.84. The first-order valence-electron chi connectivity index (χ1n) is 8.38. The first-order valence-corrected chi connectivity index (χ1v) is 9.53. The summed E-state index contributed by atoms with van der Waals surface area (Å²) in [5.74, 6) is 0.434. The summed E-state index contributed by atoms with van der Waals surface area (Å²) in [6.45, 7) is 6.09. The number of ether oxygens (including phenoxy) is 3. The fraction of sp³-hybridized carbons (Fsp3) is 0.444. The Hall–Kier alpha value is -2.55. The van der Waals surface area contributed by atoms with Gasteiger partial charge in [0.25, 0.3) is 0 Å². The van der Waals surface area contributed by atoms with Gasteiger partial charge in [0, 0.05) is 11.4 Å². The molecule has 8 nitrogen and oxygen atoms in total. The van der Waals surface area contributed by atoms with Gasteiger partial charge in [-0.15, -0.1) is 0 Å². The van der Waals surface area contributed by atoms with Gasteiger partial charge in [-0.05, 0) is 23.4 Å². The van der Waals surface area contributed by atoms with E-state index in [1.807, 2.05) is 6.92 Å². The van der Waals surface area contributed by atoms with Crippen molar-refractivity contribution in [2.75, 3.05) is 32.3 Å². The summed E-state index contributed by atoms with van der Waals surface area (Å²) in [6.07, 6.45) is 0. The first kappa shape index (κ1) is 20.8. The zero-order valence-electron chi connectivity index (χ0n) is 15.5. The lowest BCUT2D eigenvalue weighted by molar-refractivity contribution is -0.147. The van der Waals surface area contributed by atoms with Gasteiger partial charge in [0.2, 0.25) is 5.75 Å². The average Bonchev–Trinajstić information content (AvgIpc) is 2.64. The second-order valence-electron chi connectivity index (χ2n) is 5.72. The molecule has 0 spiro atoms.